The molecule has 8 heteroatoms. The van der Waals surface area contributed by atoms with Gasteiger partial charge in [0.25, 0.3) is 0 Å². The van der Waals surface area contributed by atoms with Gasteiger partial charge in [-0.2, -0.15) is 4.57 Å². The molecule has 0 aliphatic rings. The maximum Gasteiger partial charge on any atom is 0.405 e. The van der Waals surface area contributed by atoms with E-state index in [4.69, 9.17) is 23.6 Å². The van der Waals surface area contributed by atoms with Gasteiger partial charge in [-0.25, -0.2) is 4.57 Å². The molecule has 7 nitrogen and oxygen atoms in total. The van der Waals surface area contributed by atoms with E-state index in [1.54, 1.807) is 18.2 Å². The lowest BCUT2D eigenvalue weighted by Gasteiger charge is -2.14. The number of fused-ring (bicyclic) bond motifs is 1. The van der Waals surface area contributed by atoms with E-state index in [9.17, 15) is 4.57 Å². The molecule has 230 valence electrons. The second-order valence-electron chi connectivity index (χ2n) is 10.7. The molecule has 0 aliphatic carbocycles. The van der Waals surface area contributed by atoms with Crippen molar-refractivity contribution in [2.75, 3.05) is 13.7 Å². The monoisotopic (exact) mass is 606 g/mol. The maximum atomic E-state index is 12.6. The molecule has 1 unspecified atom stereocenters. The highest BCUT2D eigenvalue weighted by atomic mass is 31.1. The van der Waals surface area contributed by atoms with Crippen molar-refractivity contribution in [3.63, 3.8) is 0 Å². The van der Waals surface area contributed by atoms with Crippen LogP contribution in [0.2, 0.25) is 0 Å². The molecule has 0 saturated heterocycles. The van der Waals surface area contributed by atoms with Crippen LogP contribution >= 0.6 is 8.25 Å². The van der Waals surface area contributed by atoms with E-state index in [1.165, 1.54) is 58.5 Å². The zero-order valence-electron chi connectivity index (χ0n) is 25.5. The van der Waals surface area contributed by atoms with Gasteiger partial charge < -0.3 is 18.9 Å². The van der Waals surface area contributed by atoms with Crippen molar-refractivity contribution in [1.29, 1.82) is 0 Å². The van der Waals surface area contributed by atoms with Gasteiger partial charge in [0.05, 0.1) is 13.7 Å². The SMILES string of the molecule is CCCCCCCCCCCCOc1cccc(OO[PH](=O)Oc2cccc(C[n+]3cccc4ccccc43)c2)c1OC. The molecular weight excluding hydrogens is 561 g/mol. The minimum atomic E-state index is -3.01. The van der Waals surface area contributed by atoms with Crippen LogP contribution in [0.3, 0.4) is 0 Å². The molecule has 0 amide bonds. The summed E-state index contributed by atoms with van der Waals surface area (Å²) in [6.45, 7) is 3.48. The zero-order valence-corrected chi connectivity index (χ0v) is 26.5. The highest BCUT2D eigenvalue weighted by Crippen LogP contribution is 2.39. The summed E-state index contributed by atoms with van der Waals surface area (Å²) < 4.78 is 37.0. The molecule has 3 aromatic carbocycles. The number of unbranched alkanes of at least 4 members (excludes halogenated alkanes) is 9. The lowest BCUT2D eigenvalue weighted by atomic mass is 10.1. The fourth-order valence-corrected chi connectivity index (χ4v) is 5.61. The van der Waals surface area contributed by atoms with E-state index in [1.807, 2.05) is 48.7 Å². The second kappa shape index (κ2) is 18.2. The van der Waals surface area contributed by atoms with Crippen LogP contribution in [0.4, 0.5) is 0 Å². The fourth-order valence-electron chi connectivity index (χ4n) is 5.10. The van der Waals surface area contributed by atoms with Crippen LogP contribution in [0.15, 0.2) is 85.1 Å². The average molecular weight is 607 g/mol. The highest BCUT2D eigenvalue weighted by Gasteiger charge is 2.15. The van der Waals surface area contributed by atoms with Gasteiger partial charge >= 0.3 is 8.25 Å². The summed E-state index contributed by atoms with van der Waals surface area (Å²) in [4.78, 5) is 5.38. The molecule has 4 rings (SSSR count). The predicted octanol–water partition coefficient (Wildman–Crippen LogP) is 9.26. The van der Waals surface area contributed by atoms with E-state index in [0.717, 1.165) is 29.3 Å². The lowest BCUT2D eigenvalue weighted by Crippen LogP contribution is -2.34. The first kappa shape index (κ1) is 32.4. The zero-order chi connectivity index (χ0) is 30.1. The third kappa shape index (κ3) is 10.6. The van der Waals surface area contributed by atoms with E-state index in [2.05, 4.69) is 29.7 Å². The largest absolute Gasteiger partial charge is 0.490 e. The number of nitrogens with zero attached hydrogens (tertiary/aromatic N) is 1. The van der Waals surface area contributed by atoms with Gasteiger partial charge in [-0.3, -0.25) is 0 Å². The quantitative estimate of drug-likeness (QED) is 0.0328. The average Bonchev–Trinajstić information content (AvgIpc) is 3.03. The highest BCUT2D eigenvalue weighted by molar-refractivity contribution is 7.33. The van der Waals surface area contributed by atoms with Gasteiger partial charge in [0.2, 0.25) is 17.0 Å². The predicted molar refractivity (Wildman–Crippen MR) is 171 cm³/mol. The van der Waals surface area contributed by atoms with Gasteiger partial charge in [0, 0.05) is 23.1 Å². The van der Waals surface area contributed by atoms with Crippen molar-refractivity contribution < 1.29 is 32.7 Å². The number of rotatable bonds is 20. The summed E-state index contributed by atoms with van der Waals surface area (Å²) in [6.07, 6.45) is 14.7. The third-order valence-corrected chi connectivity index (χ3v) is 7.96. The molecule has 0 aliphatic heterocycles. The van der Waals surface area contributed by atoms with Gasteiger partial charge in [-0.15, -0.1) is 0 Å². The van der Waals surface area contributed by atoms with Crippen LogP contribution in [0.5, 0.6) is 23.0 Å². The first-order chi connectivity index (χ1) is 21.2. The van der Waals surface area contributed by atoms with Crippen molar-refractivity contribution in [2.24, 2.45) is 0 Å². The standard InChI is InChI=1S/C35H45NO6P/c1-3-4-5-6-7-8-9-10-11-14-26-39-33-23-16-24-34(35(33)38-2)40-42-43(37)41-31-21-15-18-29(27-31)28-36-25-17-20-30-19-12-13-22-32(30)36/h12-13,15-25,27,43H,3-11,14,26,28H2,1-2H3/q+1. The molecule has 0 spiro atoms. The van der Waals surface area contributed by atoms with Gasteiger partial charge in [-0.1, -0.05) is 99.7 Å². The topological polar surface area (TPSA) is 67.1 Å². The molecule has 0 N–H and O–H groups in total. The van der Waals surface area contributed by atoms with Gasteiger partial charge in [0.15, 0.2) is 18.5 Å². The van der Waals surface area contributed by atoms with Crippen LogP contribution < -0.4 is 23.5 Å². The second-order valence-corrected chi connectivity index (χ2v) is 11.5. The number of hydrogen-bond donors (Lipinski definition) is 0. The normalized spacial score (nSPS) is 11.8. The van der Waals surface area contributed by atoms with Crippen LogP contribution in [-0.4, -0.2) is 13.7 Å². The van der Waals surface area contributed by atoms with Crippen LogP contribution in [0.25, 0.3) is 10.9 Å². The minimum absolute atomic E-state index is 0.270. The Morgan fingerprint density at radius 3 is 2.23 bits per heavy atom. The van der Waals surface area contributed by atoms with Crippen molar-refractivity contribution in [3.8, 4) is 23.0 Å². The number of para-hydroxylation sites is 2. The Balaban J connectivity index is 1.22. The molecule has 4 aromatic rings. The molecule has 0 saturated carbocycles. The van der Waals surface area contributed by atoms with Gasteiger partial charge in [-0.05, 0) is 42.8 Å². The maximum absolute atomic E-state index is 12.6. The number of pyridine rings is 1. The van der Waals surface area contributed by atoms with Crippen LogP contribution in [0.1, 0.15) is 76.7 Å². The molecule has 1 heterocycles. The Bertz CT molecular complexity index is 1420. The van der Waals surface area contributed by atoms with Crippen molar-refractivity contribution >= 4 is 19.2 Å². The number of hydrogen-bond acceptors (Lipinski definition) is 6. The Labute approximate surface area is 256 Å². The number of methoxy groups -OCH3 is 1. The van der Waals surface area contributed by atoms with Crippen molar-refractivity contribution in [3.05, 3.63) is 90.6 Å². The molecule has 1 aromatic heterocycles. The summed E-state index contributed by atoms with van der Waals surface area (Å²) in [5.74, 6) is 1.65. The number of aromatic nitrogens is 1. The first-order valence-corrected chi connectivity index (χ1v) is 16.7. The molecule has 1 atom stereocenters. The number of ether oxygens (including phenoxy) is 2. The molecule has 43 heavy (non-hydrogen) atoms. The summed E-state index contributed by atoms with van der Waals surface area (Å²) in [6, 6.07) is 25.1. The summed E-state index contributed by atoms with van der Waals surface area (Å²) >= 11 is 0. The Morgan fingerprint density at radius 2 is 1.44 bits per heavy atom. The first-order valence-electron chi connectivity index (χ1n) is 15.5. The molecule has 0 radical (unpaired) electrons. The minimum Gasteiger partial charge on any atom is -0.490 e. The lowest BCUT2D eigenvalue weighted by molar-refractivity contribution is -0.662. The summed E-state index contributed by atoms with van der Waals surface area (Å²) in [7, 11) is -1.48. The molecular formula is C35H45NO6P+. The van der Waals surface area contributed by atoms with Crippen molar-refractivity contribution in [2.45, 2.75) is 77.7 Å². The van der Waals surface area contributed by atoms with Crippen molar-refractivity contribution in [1.82, 2.24) is 0 Å². The smallest absolute Gasteiger partial charge is 0.405 e. The Hall–Kier alpha value is -3.54. The molecule has 0 bridgehead atoms. The van der Waals surface area contributed by atoms with Gasteiger partial charge in [0.1, 0.15) is 5.75 Å². The van der Waals surface area contributed by atoms with Crippen LogP contribution in [-0.2, 0) is 15.8 Å². The fraction of sp³-hybridized carbons (Fsp3) is 0.400. The Kier molecular flexibility index (Phi) is 13.7. The Morgan fingerprint density at radius 1 is 0.744 bits per heavy atom. The third-order valence-electron chi connectivity index (χ3n) is 7.34. The number of benzene rings is 3. The summed E-state index contributed by atoms with van der Waals surface area (Å²) in [5, 5.41) is 1.16. The molecule has 0 fully saturated rings. The van der Waals surface area contributed by atoms with E-state index >= 15 is 0 Å². The van der Waals surface area contributed by atoms with Crippen LogP contribution in [0, 0.1) is 0 Å². The van der Waals surface area contributed by atoms with E-state index in [0.29, 0.717) is 30.4 Å². The van der Waals surface area contributed by atoms with E-state index in [-0.39, 0.29) is 5.75 Å². The summed E-state index contributed by atoms with van der Waals surface area (Å²) in [5.41, 5.74) is 2.13. The van der Waals surface area contributed by atoms with E-state index < -0.39 is 8.25 Å².